The molecule has 0 spiro atoms. The Morgan fingerprint density at radius 1 is 1.17 bits per heavy atom. The number of nitrogens with one attached hydrogen (secondary N) is 1. The Balaban J connectivity index is 1.75. The standard InChI is InChI=1S/C18H20FNO2S/c1-2-17(22-15-10-8-14(19)9-11-15)18(21)20-12-13-23-16-6-4-3-5-7-16/h3-11,17H,2,12-13H2,1H3,(H,20,21)/t17-/m0/s1. The maximum atomic E-state index is 12.9. The van der Waals surface area contributed by atoms with Gasteiger partial charge in [0, 0.05) is 17.2 Å². The van der Waals surface area contributed by atoms with Crippen LogP contribution in [0.4, 0.5) is 4.39 Å². The number of carbonyl (C=O) groups is 1. The summed E-state index contributed by atoms with van der Waals surface area (Å²) in [5, 5.41) is 2.88. The largest absolute Gasteiger partial charge is 0.481 e. The van der Waals surface area contributed by atoms with Gasteiger partial charge in [-0.2, -0.15) is 0 Å². The third-order valence-corrected chi connectivity index (χ3v) is 4.18. The molecule has 1 atom stereocenters. The molecule has 0 aliphatic rings. The van der Waals surface area contributed by atoms with Crippen LogP contribution >= 0.6 is 11.8 Å². The topological polar surface area (TPSA) is 38.3 Å². The first-order valence-corrected chi connectivity index (χ1v) is 8.55. The van der Waals surface area contributed by atoms with Crippen LogP contribution in [0.15, 0.2) is 59.5 Å². The lowest BCUT2D eigenvalue weighted by molar-refractivity contribution is -0.127. The molecule has 2 aromatic rings. The summed E-state index contributed by atoms with van der Waals surface area (Å²) in [7, 11) is 0. The number of hydrogen-bond donors (Lipinski definition) is 1. The molecule has 0 aliphatic heterocycles. The summed E-state index contributed by atoms with van der Waals surface area (Å²) in [5.74, 6) is 0.813. The average molecular weight is 333 g/mol. The number of amides is 1. The van der Waals surface area contributed by atoms with E-state index >= 15 is 0 Å². The fourth-order valence-electron chi connectivity index (χ4n) is 1.97. The summed E-state index contributed by atoms with van der Waals surface area (Å²) >= 11 is 1.69. The second kappa shape index (κ2) is 9.20. The van der Waals surface area contributed by atoms with Gasteiger partial charge in [0.2, 0.25) is 0 Å². The second-order valence-corrected chi connectivity index (χ2v) is 6.09. The second-order valence-electron chi connectivity index (χ2n) is 4.92. The van der Waals surface area contributed by atoms with E-state index in [2.05, 4.69) is 5.32 Å². The molecule has 0 bridgehead atoms. The van der Waals surface area contributed by atoms with E-state index in [1.54, 1.807) is 11.8 Å². The Bertz CT molecular complexity index is 604. The summed E-state index contributed by atoms with van der Waals surface area (Å²) in [6.07, 6.45) is -0.0168. The zero-order valence-corrected chi connectivity index (χ0v) is 13.8. The van der Waals surface area contributed by atoms with E-state index in [0.29, 0.717) is 18.7 Å². The van der Waals surface area contributed by atoms with Crippen molar-refractivity contribution in [3.05, 3.63) is 60.4 Å². The van der Waals surface area contributed by atoms with Gasteiger partial charge in [0.1, 0.15) is 11.6 Å². The van der Waals surface area contributed by atoms with Crippen molar-refractivity contribution in [1.29, 1.82) is 0 Å². The van der Waals surface area contributed by atoms with Crippen LogP contribution in [-0.4, -0.2) is 24.3 Å². The molecule has 0 heterocycles. The van der Waals surface area contributed by atoms with E-state index in [-0.39, 0.29) is 11.7 Å². The minimum absolute atomic E-state index is 0.148. The molecule has 0 saturated carbocycles. The summed E-state index contributed by atoms with van der Waals surface area (Å²) in [4.78, 5) is 13.3. The maximum absolute atomic E-state index is 12.9. The van der Waals surface area contributed by atoms with Gasteiger partial charge in [-0.1, -0.05) is 25.1 Å². The van der Waals surface area contributed by atoms with Crippen LogP contribution in [0.5, 0.6) is 5.75 Å². The van der Waals surface area contributed by atoms with Crippen LogP contribution in [0.25, 0.3) is 0 Å². The number of hydrogen-bond acceptors (Lipinski definition) is 3. The minimum atomic E-state index is -0.567. The quantitative estimate of drug-likeness (QED) is 0.588. The van der Waals surface area contributed by atoms with Crippen LogP contribution < -0.4 is 10.1 Å². The molecule has 0 aliphatic carbocycles. The first-order valence-electron chi connectivity index (χ1n) is 7.57. The van der Waals surface area contributed by atoms with Gasteiger partial charge in [-0.05, 0) is 42.8 Å². The smallest absolute Gasteiger partial charge is 0.261 e. The Morgan fingerprint density at radius 3 is 2.52 bits per heavy atom. The maximum Gasteiger partial charge on any atom is 0.261 e. The Labute approximate surface area is 140 Å². The van der Waals surface area contributed by atoms with E-state index < -0.39 is 6.10 Å². The van der Waals surface area contributed by atoms with Gasteiger partial charge >= 0.3 is 0 Å². The first kappa shape index (κ1) is 17.3. The Morgan fingerprint density at radius 2 is 1.87 bits per heavy atom. The third-order valence-electron chi connectivity index (χ3n) is 3.17. The molecule has 0 fully saturated rings. The fraction of sp³-hybridized carbons (Fsp3) is 0.278. The molecule has 1 N–H and O–H groups in total. The SMILES string of the molecule is CC[C@H](Oc1ccc(F)cc1)C(=O)NCCSc1ccccc1. The van der Waals surface area contributed by atoms with Crippen molar-refractivity contribution in [2.75, 3.05) is 12.3 Å². The molecule has 23 heavy (non-hydrogen) atoms. The number of rotatable bonds is 8. The number of benzene rings is 2. The predicted molar refractivity (Wildman–Crippen MR) is 91.3 cm³/mol. The van der Waals surface area contributed by atoms with Gasteiger partial charge in [0.25, 0.3) is 5.91 Å². The van der Waals surface area contributed by atoms with Gasteiger partial charge in [0.05, 0.1) is 0 Å². The predicted octanol–water partition coefficient (Wildman–Crippen LogP) is 3.89. The minimum Gasteiger partial charge on any atom is -0.481 e. The van der Waals surface area contributed by atoms with Gasteiger partial charge in [-0.25, -0.2) is 4.39 Å². The van der Waals surface area contributed by atoms with Crippen LogP contribution in [-0.2, 0) is 4.79 Å². The van der Waals surface area contributed by atoms with Gasteiger partial charge in [-0.3, -0.25) is 4.79 Å². The summed E-state index contributed by atoms with van der Waals surface area (Å²) in [6.45, 7) is 2.45. The van der Waals surface area contributed by atoms with E-state index in [9.17, 15) is 9.18 Å². The van der Waals surface area contributed by atoms with Crippen molar-refractivity contribution < 1.29 is 13.9 Å². The molecule has 0 aromatic heterocycles. The lowest BCUT2D eigenvalue weighted by atomic mass is 10.2. The number of ether oxygens (including phenoxy) is 1. The van der Waals surface area contributed by atoms with Crippen molar-refractivity contribution in [1.82, 2.24) is 5.32 Å². The van der Waals surface area contributed by atoms with E-state index in [1.165, 1.54) is 29.2 Å². The van der Waals surface area contributed by atoms with E-state index in [4.69, 9.17) is 4.74 Å². The number of halogens is 1. The lowest BCUT2D eigenvalue weighted by Gasteiger charge is -2.17. The Hall–Kier alpha value is -2.01. The first-order chi connectivity index (χ1) is 11.2. The average Bonchev–Trinajstić information content (AvgIpc) is 2.59. The van der Waals surface area contributed by atoms with Crippen LogP contribution in [0, 0.1) is 5.82 Å². The highest BCUT2D eigenvalue weighted by Crippen LogP contribution is 2.16. The highest BCUT2D eigenvalue weighted by molar-refractivity contribution is 7.99. The summed E-state index contributed by atoms with van der Waals surface area (Å²) < 4.78 is 18.5. The highest BCUT2D eigenvalue weighted by Gasteiger charge is 2.17. The summed E-state index contributed by atoms with van der Waals surface area (Å²) in [5.41, 5.74) is 0. The number of carbonyl (C=O) groups excluding carboxylic acids is 1. The molecule has 122 valence electrons. The van der Waals surface area contributed by atoms with E-state index in [0.717, 1.165) is 5.75 Å². The van der Waals surface area contributed by atoms with Crippen LogP contribution in [0.1, 0.15) is 13.3 Å². The molecule has 3 nitrogen and oxygen atoms in total. The normalized spacial score (nSPS) is 11.7. The Kier molecular flexibility index (Phi) is 6.94. The summed E-state index contributed by atoms with van der Waals surface area (Å²) in [6, 6.07) is 15.7. The highest BCUT2D eigenvalue weighted by atomic mass is 32.2. The van der Waals surface area contributed by atoms with Crippen LogP contribution in [0.2, 0.25) is 0 Å². The lowest BCUT2D eigenvalue weighted by Crippen LogP contribution is -2.39. The van der Waals surface area contributed by atoms with Crippen LogP contribution in [0.3, 0.4) is 0 Å². The molecular formula is C18H20FNO2S. The van der Waals surface area contributed by atoms with Gasteiger partial charge in [0.15, 0.2) is 6.10 Å². The fourth-order valence-corrected chi connectivity index (χ4v) is 2.76. The molecule has 1 amide bonds. The van der Waals surface area contributed by atoms with E-state index in [1.807, 2.05) is 37.3 Å². The molecule has 2 rings (SSSR count). The molecule has 2 aromatic carbocycles. The molecule has 0 saturated heterocycles. The molecule has 5 heteroatoms. The monoisotopic (exact) mass is 333 g/mol. The zero-order chi connectivity index (χ0) is 16.5. The number of thioether (sulfide) groups is 1. The zero-order valence-electron chi connectivity index (χ0n) is 13.0. The third kappa shape index (κ3) is 5.94. The van der Waals surface area contributed by atoms with Crippen molar-refractivity contribution in [3.8, 4) is 5.75 Å². The van der Waals surface area contributed by atoms with Gasteiger partial charge < -0.3 is 10.1 Å². The van der Waals surface area contributed by atoms with Crippen molar-refractivity contribution in [2.45, 2.75) is 24.3 Å². The van der Waals surface area contributed by atoms with Crippen molar-refractivity contribution in [2.24, 2.45) is 0 Å². The molecule has 0 unspecified atom stereocenters. The molecule has 0 radical (unpaired) electrons. The van der Waals surface area contributed by atoms with Crippen molar-refractivity contribution in [3.63, 3.8) is 0 Å². The molecular weight excluding hydrogens is 313 g/mol. The van der Waals surface area contributed by atoms with Gasteiger partial charge in [-0.15, -0.1) is 11.8 Å². The van der Waals surface area contributed by atoms with Crippen molar-refractivity contribution >= 4 is 17.7 Å².